The van der Waals surface area contributed by atoms with Crippen LogP contribution in [0.1, 0.15) is 63.3 Å². The molecule has 1 atom stereocenters. The van der Waals surface area contributed by atoms with Crippen LogP contribution in [0.25, 0.3) is 0 Å². The maximum absolute atomic E-state index is 5.55. The predicted molar refractivity (Wildman–Crippen MR) is 82.3 cm³/mol. The van der Waals surface area contributed by atoms with Crippen molar-refractivity contribution < 1.29 is 0 Å². The molecule has 0 heterocycles. The molecule has 102 valence electrons. The van der Waals surface area contributed by atoms with Gasteiger partial charge in [0.25, 0.3) is 0 Å². The second-order valence-corrected chi connectivity index (χ2v) is 6.64. The highest BCUT2D eigenvalue weighted by Gasteiger charge is 2.34. The first-order chi connectivity index (χ1) is 8.86. The van der Waals surface area contributed by atoms with Crippen LogP contribution in [-0.4, -0.2) is 18.0 Å². The fourth-order valence-electron chi connectivity index (χ4n) is 3.09. The average Bonchev–Trinajstić information content (AvgIpc) is 2.37. The van der Waals surface area contributed by atoms with Crippen molar-refractivity contribution in [2.45, 2.75) is 58.0 Å². The third kappa shape index (κ3) is 2.55. The van der Waals surface area contributed by atoms with E-state index in [1.165, 1.54) is 24.0 Å². The Kier molecular flexibility index (Phi) is 3.74. The van der Waals surface area contributed by atoms with Crippen LogP contribution in [0.4, 0.5) is 0 Å². The molecular weight excluding hydrogens is 230 g/mol. The van der Waals surface area contributed by atoms with Crippen molar-refractivity contribution in [2.75, 3.05) is 7.05 Å². The third-order valence-corrected chi connectivity index (χ3v) is 4.66. The fraction of sp³-hybridized carbons (Fsp3) is 0.556. The van der Waals surface area contributed by atoms with Gasteiger partial charge in [0, 0.05) is 17.6 Å². The molecule has 1 aliphatic carbocycles. The molecule has 1 aromatic carbocycles. The minimum absolute atomic E-state index is 0.233. The summed E-state index contributed by atoms with van der Waals surface area (Å²) < 4.78 is 0. The molecule has 0 aromatic heterocycles. The molecule has 0 saturated heterocycles. The van der Waals surface area contributed by atoms with Crippen LogP contribution < -0.4 is 0 Å². The molecular formula is C18H25N. The van der Waals surface area contributed by atoms with E-state index < -0.39 is 0 Å². The molecule has 0 N–H and O–H groups in total. The second kappa shape index (κ2) is 5.02. The molecule has 1 nitrogen and oxygen atoms in total. The van der Waals surface area contributed by atoms with Crippen LogP contribution in [0.5, 0.6) is 0 Å². The summed E-state index contributed by atoms with van der Waals surface area (Å²) in [6.07, 6.45) is 8.00. The smallest absolute Gasteiger partial charge is 0.0351 e. The van der Waals surface area contributed by atoms with Gasteiger partial charge in [-0.2, -0.15) is 0 Å². The molecule has 0 amide bonds. The summed E-state index contributed by atoms with van der Waals surface area (Å²) in [6.45, 7) is 9.18. The zero-order valence-corrected chi connectivity index (χ0v) is 12.8. The molecule has 0 aliphatic heterocycles. The lowest BCUT2D eigenvalue weighted by atomic mass is 9.70. The Hall–Kier alpha value is -1.26. The lowest BCUT2D eigenvalue weighted by Crippen LogP contribution is -2.37. The Morgan fingerprint density at radius 2 is 2.05 bits per heavy atom. The Morgan fingerprint density at radius 1 is 1.37 bits per heavy atom. The second-order valence-electron chi connectivity index (χ2n) is 6.64. The van der Waals surface area contributed by atoms with Crippen LogP contribution in [-0.2, 0) is 5.41 Å². The quantitative estimate of drug-likeness (QED) is 0.719. The molecule has 0 bridgehead atoms. The first-order valence-corrected chi connectivity index (χ1v) is 7.20. The standard InChI is InChI=1S/C18H25N/c1-7-14-8-9-15-16(12-14)18(4,5)11-10-17(15)19(6)13(2)3/h1,8-9,12-13,17H,10-11H2,2-6H3. The van der Waals surface area contributed by atoms with Crippen LogP contribution in [0.15, 0.2) is 18.2 Å². The minimum Gasteiger partial charge on any atom is -0.297 e. The van der Waals surface area contributed by atoms with Gasteiger partial charge in [0.05, 0.1) is 0 Å². The predicted octanol–water partition coefficient (Wildman–Crippen LogP) is 4.12. The maximum atomic E-state index is 5.55. The third-order valence-electron chi connectivity index (χ3n) is 4.66. The number of hydrogen-bond donors (Lipinski definition) is 0. The van der Waals surface area contributed by atoms with Gasteiger partial charge in [-0.3, -0.25) is 4.90 Å². The van der Waals surface area contributed by atoms with E-state index in [9.17, 15) is 0 Å². The van der Waals surface area contributed by atoms with Gasteiger partial charge < -0.3 is 0 Å². The maximum Gasteiger partial charge on any atom is 0.0351 e. The van der Waals surface area contributed by atoms with E-state index in [2.05, 4.69) is 63.8 Å². The number of fused-ring (bicyclic) bond motifs is 1. The Bertz CT molecular complexity index is 505. The van der Waals surface area contributed by atoms with Crippen LogP contribution in [0.3, 0.4) is 0 Å². The summed E-state index contributed by atoms with van der Waals surface area (Å²) in [5, 5.41) is 0. The highest BCUT2D eigenvalue weighted by molar-refractivity contribution is 5.45. The molecule has 1 heteroatoms. The Morgan fingerprint density at radius 3 is 2.63 bits per heavy atom. The molecule has 1 aromatic rings. The molecule has 0 radical (unpaired) electrons. The number of benzene rings is 1. The van der Waals surface area contributed by atoms with Gasteiger partial charge in [-0.15, -0.1) is 6.42 Å². The summed E-state index contributed by atoms with van der Waals surface area (Å²) in [5.41, 5.74) is 4.13. The summed E-state index contributed by atoms with van der Waals surface area (Å²) in [4.78, 5) is 2.48. The normalized spacial score (nSPS) is 21.3. The number of rotatable bonds is 2. The van der Waals surface area contributed by atoms with Crippen molar-refractivity contribution in [2.24, 2.45) is 0 Å². The molecule has 0 saturated carbocycles. The van der Waals surface area contributed by atoms with E-state index in [0.717, 1.165) is 5.56 Å². The molecule has 1 unspecified atom stereocenters. The lowest BCUT2D eigenvalue weighted by Gasteiger charge is -2.42. The summed E-state index contributed by atoms with van der Waals surface area (Å²) in [6, 6.07) is 7.63. The van der Waals surface area contributed by atoms with E-state index in [4.69, 9.17) is 6.42 Å². The minimum atomic E-state index is 0.233. The highest BCUT2D eigenvalue weighted by atomic mass is 15.1. The van der Waals surface area contributed by atoms with E-state index in [0.29, 0.717) is 12.1 Å². The van der Waals surface area contributed by atoms with Gasteiger partial charge in [0.2, 0.25) is 0 Å². The first kappa shape index (κ1) is 14.2. The van der Waals surface area contributed by atoms with Gasteiger partial charge in [0.1, 0.15) is 0 Å². The summed E-state index contributed by atoms with van der Waals surface area (Å²) in [7, 11) is 2.23. The lowest BCUT2D eigenvalue weighted by molar-refractivity contribution is 0.163. The Balaban J connectivity index is 2.50. The Labute approximate surface area is 118 Å². The number of hydrogen-bond acceptors (Lipinski definition) is 1. The zero-order valence-electron chi connectivity index (χ0n) is 12.8. The van der Waals surface area contributed by atoms with Crippen molar-refractivity contribution in [3.8, 4) is 12.3 Å². The molecule has 0 spiro atoms. The van der Waals surface area contributed by atoms with Crippen molar-refractivity contribution in [1.29, 1.82) is 0 Å². The largest absolute Gasteiger partial charge is 0.297 e. The SMILES string of the molecule is C#Cc1ccc2c(c1)C(C)(C)CCC2N(C)C(C)C. The van der Waals surface area contributed by atoms with Gasteiger partial charge in [-0.25, -0.2) is 0 Å². The fourth-order valence-corrected chi connectivity index (χ4v) is 3.09. The van der Waals surface area contributed by atoms with E-state index in [-0.39, 0.29) is 5.41 Å². The average molecular weight is 255 g/mol. The number of terminal acetylenes is 1. The monoisotopic (exact) mass is 255 g/mol. The summed E-state index contributed by atoms with van der Waals surface area (Å²) >= 11 is 0. The zero-order chi connectivity index (χ0) is 14.2. The van der Waals surface area contributed by atoms with E-state index in [1.54, 1.807) is 0 Å². The van der Waals surface area contributed by atoms with E-state index in [1.807, 2.05) is 0 Å². The molecule has 0 fully saturated rings. The summed E-state index contributed by atoms with van der Waals surface area (Å²) in [5.74, 6) is 2.77. The van der Waals surface area contributed by atoms with Crippen LogP contribution >= 0.6 is 0 Å². The molecule has 1 aliphatic rings. The van der Waals surface area contributed by atoms with E-state index >= 15 is 0 Å². The molecule has 19 heavy (non-hydrogen) atoms. The van der Waals surface area contributed by atoms with Crippen molar-refractivity contribution in [3.05, 3.63) is 34.9 Å². The van der Waals surface area contributed by atoms with Crippen molar-refractivity contribution >= 4 is 0 Å². The van der Waals surface area contributed by atoms with Crippen molar-refractivity contribution in [3.63, 3.8) is 0 Å². The van der Waals surface area contributed by atoms with Gasteiger partial charge >= 0.3 is 0 Å². The van der Waals surface area contributed by atoms with Gasteiger partial charge in [-0.05, 0) is 62.4 Å². The highest BCUT2D eigenvalue weighted by Crippen LogP contribution is 2.44. The van der Waals surface area contributed by atoms with Gasteiger partial charge in [0.15, 0.2) is 0 Å². The van der Waals surface area contributed by atoms with Crippen LogP contribution in [0.2, 0.25) is 0 Å². The van der Waals surface area contributed by atoms with Crippen LogP contribution in [0, 0.1) is 12.3 Å². The van der Waals surface area contributed by atoms with Gasteiger partial charge in [-0.1, -0.05) is 25.8 Å². The van der Waals surface area contributed by atoms with Crippen molar-refractivity contribution in [1.82, 2.24) is 4.90 Å². The first-order valence-electron chi connectivity index (χ1n) is 7.20. The molecule has 2 rings (SSSR count). The number of nitrogens with zero attached hydrogens (tertiary/aromatic N) is 1. The topological polar surface area (TPSA) is 3.24 Å².